The molecule has 0 aliphatic carbocycles. The molecule has 1 aromatic rings. The molecule has 4 amide bonds. The highest BCUT2D eigenvalue weighted by Crippen LogP contribution is 1.78. The van der Waals surface area contributed by atoms with E-state index in [0.29, 0.717) is 0 Å². The lowest BCUT2D eigenvalue weighted by Gasteiger charge is -2.05. The van der Waals surface area contributed by atoms with Gasteiger partial charge >= 0.3 is 17.8 Å². The summed E-state index contributed by atoms with van der Waals surface area (Å²) in [5.41, 5.74) is 12.3. The van der Waals surface area contributed by atoms with Gasteiger partial charge in [0.15, 0.2) is 0 Å². The Balaban J connectivity index is 2.84. The molecule has 0 atom stereocenters. The maximum Gasteiger partial charge on any atom is 0.332 e. The lowest BCUT2D eigenvalue weighted by molar-refractivity contribution is 0.248. The molecule has 0 saturated heterocycles. The number of hydrogen-bond donors (Lipinski definition) is 4. The Bertz CT molecular complexity index is 716. The van der Waals surface area contributed by atoms with E-state index in [4.69, 9.17) is 11.5 Å². The number of urea groups is 2. The summed E-state index contributed by atoms with van der Waals surface area (Å²) in [5.74, 6) is 0. The van der Waals surface area contributed by atoms with Gasteiger partial charge in [0.25, 0.3) is 5.56 Å². The molecule has 0 saturated carbocycles. The first kappa shape index (κ1) is 16.6. The third-order valence-corrected chi connectivity index (χ3v) is 2.21. The molecule has 118 valence electrons. The van der Waals surface area contributed by atoms with Crippen molar-refractivity contribution in [3.05, 3.63) is 33.1 Å². The van der Waals surface area contributed by atoms with Crippen LogP contribution >= 0.6 is 0 Å². The van der Waals surface area contributed by atoms with Crippen molar-refractivity contribution in [2.75, 3.05) is 0 Å². The quantitative estimate of drug-likeness (QED) is 0.330. The number of aromatic nitrogens is 2. The van der Waals surface area contributed by atoms with E-state index in [1.54, 1.807) is 0 Å². The smallest absolute Gasteiger partial charge is 0.332 e. The number of carbonyl (C=O) groups is 2. The normalized spacial score (nSPS) is 10.9. The third-order valence-electron chi connectivity index (χ3n) is 2.21. The van der Waals surface area contributed by atoms with Gasteiger partial charge in [0.2, 0.25) is 0 Å². The van der Waals surface area contributed by atoms with Crippen molar-refractivity contribution in [1.29, 1.82) is 0 Å². The van der Waals surface area contributed by atoms with Crippen LogP contribution in [0.4, 0.5) is 9.59 Å². The molecule has 12 nitrogen and oxygen atoms in total. The van der Waals surface area contributed by atoms with Crippen LogP contribution in [-0.4, -0.2) is 33.6 Å². The van der Waals surface area contributed by atoms with Crippen LogP contribution in [0.25, 0.3) is 0 Å². The van der Waals surface area contributed by atoms with E-state index in [-0.39, 0.29) is 13.1 Å². The summed E-state index contributed by atoms with van der Waals surface area (Å²) in [6.45, 7) is -0.147. The van der Waals surface area contributed by atoms with E-state index in [1.807, 2.05) is 10.9 Å². The Morgan fingerprint density at radius 2 is 1.64 bits per heavy atom. The number of nitrogens with one attached hydrogen (secondary N) is 2. The SMILES string of the molecule is NC(=O)N/N=C\Cn1ccc(=O)n(C/C=N\NC(N)=O)c1=O. The van der Waals surface area contributed by atoms with Crippen LogP contribution in [0, 0.1) is 0 Å². The van der Waals surface area contributed by atoms with Crippen molar-refractivity contribution in [2.24, 2.45) is 21.7 Å². The molecule has 0 fully saturated rings. The first-order valence-corrected chi connectivity index (χ1v) is 5.86. The van der Waals surface area contributed by atoms with Crippen molar-refractivity contribution in [3.8, 4) is 0 Å². The fraction of sp³-hybridized carbons (Fsp3) is 0.200. The van der Waals surface area contributed by atoms with Gasteiger partial charge < -0.3 is 11.5 Å². The summed E-state index contributed by atoms with van der Waals surface area (Å²) in [5, 5.41) is 6.90. The van der Waals surface area contributed by atoms with Crippen LogP contribution < -0.4 is 33.6 Å². The molecule has 0 radical (unpaired) electrons. The van der Waals surface area contributed by atoms with Gasteiger partial charge in [-0.2, -0.15) is 10.2 Å². The second-order valence-electron chi connectivity index (χ2n) is 3.77. The van der Waals surface area contributed by atoms with E-state index >= 15 is 0 Å². The lowest BCUT2D eigenvalue weighted by atomic mass is 10.5. The molecule has 1 heterocycles. The number of hydrazone groups is 2. The third kappa shape index (κ3) is 5.28. The molecule has 6 N–H and O–H groups in total. The monoisotopic (exact) mass is 310 g/mol. The number of rotatable bonds is 6. The van der Waals surface area contributed by atoms with Crippen molar-refractivity contribution >= 4 is 24.5 Å². The Morgan fingerprint density at radius 1 is 1.09 bits per heavy atom. The largest absolute Gasteiger partial charge is 0.350 e. The van der Waals surface area contributed by atoms with Gasteiger partial charge in [-0.1, -0.05) is 0 Å². The van der Waals surface area contributed by atoms with Crippen molar-refractivity contribution < 1.29 is 9.59 Å². The maximum atomic E-state index is 12.0. The number of amides is 4. The van der Waals surface area contributed by atoms with E-state index in [2.05, 4.69) is 10.2 Å². The van der Waals surface area contributed by atoms with Crippen LogP contribution in [0.15, 0.2) is 32.1 Å². The highest BCUT2D eigenvalue weighted by Gasteiger charge is 2.03. The molecule has 0 aliphatic heterocycles. The van der Waals surface area contributed by atoms with Crippen LogP contribution in [0.5, 0.6) is 0 Å². The average molecular weight is 310 g/mol. The number of carbonyl (C=O) groups excluding carboxylic acids is 2. The van der Waals surface area contributed by atoms with Gasteiger partial charge in [-0.15, -0.1) is 0 Å². The van der Waals surface area contributed by atoms with E-state index in [9.17, 15) is 19.2 Å². The van der Waals surface area contributed by atoms with Crippen LogP contribution in [0.3, 0.4) is 0 Å². The van der Waals surface area contributed by atoms with E-state index in [0.717, 1.165) is 10.8 Å². The summed E-state index contributed by atoms with van der Waals surface area (Å²) in [6.07, 6.45) is 3.64. The van der Waals surface area contributed by atoms with Crippen molar-refractivity contribution in [3.63, 3.8) is 0 Å². The van der Waals surface area contributed by atoms with Crippen LogP contribution in [0.2, 0.25) is 0 Å². The molecule has 0 unspecified atom stereocenters. The second-order valence-corrected chi connectivity index (χ2v) is 3.77. The van der Waals surface area contributed by atoms with Gasteiger partial charge in [0, 0.05) is 24.7 Å². The van der Waals surface area contributed by atoms with Crippen LogP contribution in [0.1, 0.15) is 0 Å². The van der Waals surface area contributed by atoms with Gasteiger partial charge in [-0.05, 0) is 0 Å². The number of nitrogens with zero attached hydrogens (tertiary/aromatic N) is 4. The Labute approximate surface area is 123 Å². The van der Waals surface area contributed by atoms with Crippen molar-refractivity contribution in [1.82, 2.24) is 20.0 Å². The molecule has 0 spiro atoms. The zero-order valence-corrected chi connectivity index (χ0v) is 11.3. The van der Waals surface area contributed by atoms with Gasteiger partial charge in [0.1, 0.15) is 0 Å². The summed E-state index contributed by atoms with van der Waals surface area (Å²) >= 11 is 0. The number of hydrogen-bond acceptors (Lipinski definition) is 6. The number of nitrogens with two attached hydrogens (primary N) is 2. The summed E-state index contributed by atoms with van der Waals surface area (Å²) in [7, 11) is 0. The van der Waals surface area contributed by atoms with E-state index in [1.165, 1.54) is 23.0 Å². The predicted molar refractivity (Wildman–Crippen MR) is 77.4 cm³/mol. The first-order valence-electron chi connectivity index (χ1n) is 5.86. The van der Waals surface area contributed by atoms with Gasteiger partial charge in [-0.25, -0.2) is 25.2 Å². The molecule has 22 heavy (non-hydrogen) atoms. The fourth-order valence-electron chi connectivity index (χ4n) is 1.33. The lowest BCUT2D eigenvalue weighted by Crippen LogP contribution is -2.39. The Kier molecular flexibility index (Phi) is 6.03. The first-order chi connectivity index (χ1) is 10.4. The Morgan fingerprint density at radius 3 is 2.18 bits per heavy atom. The molecular formula is C10H14N8O4. The Hall–Kier alpha value is -3.44. The van der Waals surface area contributed by atoms with Gasteiger partial charge in [0.05, 0.1) is 13.1 Å². The molecule has 0 aromatic carbocycles. The summed E-state index contributed by atoms with van der Waals surface area (Å²) < 4.78 is 2.05. The minimum atomic E-state index is -0.868. The minimum Gasteiger partial charge on any atom is -0.350 e. The van der Waals surface area contributed by atoms with Crippen LogP contribution in [-0.2, 0) is 13.1 Å². The topological polar surface area (TPSA) is 179 Å². The molecule has 0 bridgehead atoms. The maximum absolute atomic E-state index is 12.0. The molecule has 1 aromatic heterocycles. The molecule has 12 heteroatoms. The summed E-state index contributed by atoms with van der Waals surface area (Å²) in [4.78, 5) is 44.4. The standard InChI is InChI=1S/C10H14N8O4/c11-8(20)15-13-2-5-17-4-1-7(19)18(10(17)22)6-3-14-16-9(12)21/h1-4H,5-6H2,(H3,11,15,20)(H3,12,16,21)/b13-2-,14-3-. The van der Waals surface area contributed by atoms with Crippen molar-refractivity contribution in [2.45, 2.75) is 13.1 Å². The zero-order valence-electron chi connectivity index (χ0n) is 11.3. The predicted octanol–water partition coefficient (Wildman–Crippen LogP) is -2.68. The highest BCUT2D eigenvalue weighted by atomic mass is 16.2. The summed E-state index contributed by atoms with van der Waals surface area (Å²) in [6, 6.07) is -0.537. The average Bonchev–Trinajstić information content (AvgIpc) is 2.44. The molecular weight excluding hydrogens is 296 g/mol. The fourth-order valence-corrected chi connectivity index (χ4v) is 1.33. The second kappa shape index (κ2) is 7.98. The minimum absolute atomic E-state index is 0.00999. The van der Waals surface area contributed by atoms with Gasteiger partial charge in [-0.3, -0.25) is 13.9 Å². The number of primary amides is 2. The zero-order chi connectivity index (χ0) is 16.5. The van der Waals surface area contributed by atoms with E-state index < -0.39 is 23.3 Å². The highest BCUT2D eigenvalue weighted by molar-refractivity contribution is 5.73. The molecule has 1 rings (SSSR count). The molecule has 0 aliphatic rings.